The average Bonchev–Trinajstić information content (AvgIpc) is 2.76. The maximum atomic E-state index is 10.3. The van der Waals surface area contributed by atoms with Crippen LogP contribution in [-0.4, -0.2) is 27.0 Å². The van der Waals surface area contributed by atoms with Gasteiger partial charge in [0, 0.05) is 25.2 Å². The van der Waals surface area contributed by atoms with Crippen LogP contribution in [0, 0.1) is 0 Å². The standard InChI is InChI=1S/C13H25N3O/c1-4-7-13(17,10-14)9-12-6-8-16(15-12)11(3)5-2/h6,8,11,17H,4-5,7,9-10,14H2,1-3H3. The molecule has 0 aliphatic carbocycles. The van der Waals surface area contributed by atoms with Gasteiger partial charge in [0.25, 0.3) is 0 Å². The first-order valence-electron chi connectivity index (χ1n) is 6.51. The minimum absolute atomic E-state index is 0.289. The molecule has 0 saturated heterocycles. The summed E-state index contributed by atoms with van der Waals surface area (Å²) in [4.78, 5) is 0. The van der Waals surface area contributed by atoms with Crippen molar-refractivity contribution in [3.05, 3.63) is 18.0 Å². The third-order valence-electron chi connectivity index (χ3n) is 3.31. The highest BCUT2D eigenvalue weighted by Gasteiger charge is 2.25. The minimum Gasteiger partial charge on any atom is -0.388 e. The van der Waals surface area contributed by atoms with Gasteiger partial charge in [-0.05, 0) is 25.8 Å². The van der Waals surface area contributed by atoms with Crippen molar-refractivity contribution < 1.29 is 5.11 Å². The summed E-state index contributed by atoms with van der Waals surface area (Å²) in [6.07, 6.45) is 5.23. The summed E-state index contributed by atoms with van der Waals surface area (Å²) < 4.78 is 1.96. The van der Waals surface area contributed by atoms with E-state index in [-0.39, 0.29) is 6.54 Å². The molecule has 0 radical (unpaired) electrons. The Morgan fingerprint density at radius 3 is 2.76 bits per heavy atom. The van der Waals surface area contributed by atoms with Crippen LogP contribution >= 0.6 is 0 Å². The molecule has 3 N–H and O–H groups in total. The number of hydrogen-bond donors (Lipinski definition) is 2. The number of nitrogens with zero attached hydrogens (tertiary/aromatic N) is 2. The smallest absolute Gasteiger partial charge is 0.0825 e. The highest BCUT2D eigenvalue weighted by Crippen LogP contribution is 2.18. The van der Waals surface area contributed by atoms with Gasteiger partial charge >= 0.3 is 0 Å². The molecule has 0 amide bonds. The SMILES string of the molecule is CCCC(O)(CN)Cc1ccn(C(C)CC)n1. The number of aliphatic hydroxyl groups is 1. The van der Waals surface area contributed by atoms with Gasteiger partial charge in [0.1, 0.15) is 0 Å². The summed E-state index contributed by atoms with van der Waals surface area (Å²) in [5.41, 5.74) is 5.77. The molecular weight excluding hydrogens is 214 g/mol. The number of nitrogens with two attached hydrogens (primary N) is 1. The van der Waals surface area contributed by atoms with E-state index in [1.54, 1.807) is 0 Å². The summed E-state index contributed by atoms with van der Waals surface area (Å²) in [6, 6.07) is 2.38. The van der Waals surface area contributed by atoms with Crippen LogP contribution in [0.1, 0.15) is 51.8 Å². The molecule has 17 heavy (non-hydrogen) atoms. The van der Waals surface area contributed by atoms with E-state index < -0.39 is 5.60 Å². The van der Waals surface area contributed by atoms with E-state index >= 15 is 0 Å². The summed E-state index contributed by atoms with van der Waals surface area (Å²) in [5, 5.41) is 14.8. The fourth-order valence-corrected chi connectivity index (χ4v) is 1.97. The first kappa shape index (κ1) is 14.2. The molecule has 98 valence electrons. The summed E-state index contributed by atoms with van der Waals surface area (Å²) in [5.74, 6) is 0. The maximum absolute atomic E-state index is 10.3. The lowest BCUT2D eigenvalue weighted by Crippen LogP contribution is -2.40. The molecule has 0 aliphatic rings. The van der Waals surface area contributed by atoms with Crippen LogP contribution in [0.5, 0.6) is 0 Å². The number of aromatic nitrogens is 2. The summed E-state index contributed by atoms with van der Waals surface area (Å²) in [7, 11) is 0. The van der Waals surface area contributed by atoms with E-state index in [0.717, 1.165) is 25.0 Å². The molecule has 4 nitrogen and oxygen atoms in total. The van der Waals surface area contributed by atoms with Crippen molar-refractivity contribution in [2.24, 2.45) is 5.73 Å². The lowest BCUT2D eigenvalue weighted by Gasteiger charge is -2.25. The van der Waals surface area contributed by atoms with E-state index in [4.69, 9.17) is 5.73 Å². The molecule has 1 rings (SSSR count). The molecule has 4 heteroatoms. The second-order valence-corrected chi connectivity index (χ2v) is 4.90. The van der Waals surface area contributed by atoms with E-state index in [9.17, 15) is 5.11 Å². The molecule has 0 saturated carbocycles. The van der Waals surface area contributed by atoms with Crippen molar-refractivity contribution in [1.29, 1.82) is 0 Å². The molecule has 2 unspecified atom stereocenters. The van der Waals surface area contributed by atoms with E-state index in [0.29, 0.717) is 12.5 Å². The first-order chi connectivity index (χ1) is 8.04. The quantitative estimate of drug-likeness (QED) is 0.763. The van der Waals surface area contributed by atoms with Gasteiger partial charge in [-0.1, -0.05) is 20.3 Å². The van der Waals surface area contributed by atoms with E-state index in [1.165, 1.54) is 0 Å². The second-order valence-electron chi connectivity index (χ2n) is 4.90. The van der Waals surface area contributed by atoms with Gasteiger partial charge in [0.05, 0.1) is 11.3 Å². The van der Waals surface area contributed by atoms with Crippen molar-refractivity contribution in [3.63, 3.8) is 0 Å². The fourth-order valence-electron chi connectivity index (χ4n) is 1.97. The lowest BCUT2D eigenvalue weighted by atomic mass is 9.93. The zero-order chi connectivity index (χ0) is 12.9. The molecule has 0 fully saturated rings. The Morgan fingerprint density at radius 2 is 2.24 bits per heavy atom. The normalized spacial score (nSPS) is 16.8. The van der Waals surface area contributed by atoms with Gasteiger partial charge < -0.3 is 10.8 Å². The highest BCUT2D eigenvalue weighted by molar-refractivity contribution is 5.05. The van der Waals surface area contributed by atoms with Crippen LogP contribution in [-0.2, 0) is 6.42 Å². The number of hydrogen-bond acceptors (Lipinski definition) is 3. The van der Waals surface area contributed by atoms with Gasteiger partial charge in [-0.2, -0.15) is 5.10 Å². The molecule has 0 aliphatic heterocycles. The Hall–Kier alpha value is -0.870. The van der Waals surface area contributed by atoms with Crippen molar-refractivity contribution in [2.75, 3.05) is 6.54 Å². The predicted molar refractivity (Wildman–Crippen MR) is 69.8 cm³/mol. The zero-order valence-electron chi connectivity index (χ0n) is 11.2. The summed E-state index contributed by atoms with van der Waals surface area (Å²) in [6.45, 7) is 6.62. The molecule has 2 atom stereocenters. The van der Waals surface area contributed by atoms with Crippen molar-refractivity contribution in [3.8, 4) is 0 Å². The summed E-state index contributed by atoms with van der Waals surface area (Å²) >= 11 is 0. The van der Waals surface area contributed by atoms with Gasteiger partial charge in [-0.25, -0.2) is 0 Å². The topological polar surface area (TPSA) is 64.1 Å². The van der Waals surface area contributed by atoms with Crippen molar-refractivity contribution in [2.45, 2.75) is 58.1 Å². The molecule has 0 spiro atoms. The minimum atomic E-state index is -0.802. The predicted octanol–water partition coefficient (Wildman–Crippen LogP) is 1.89. The monoisotopic (exact) mass is 239 g/mol. The molecule has 1 aromatic heterocycles. The third kappa shape index (κ3) is 3.82. The van der Waals surface area contributed by atoms with Crippen molar-refractivity contribution in [1.82, 2.24) is 9.78 Å². The molecule has 1 heterocycles. The van der Waals surface area contributed by atoms with E-state index in [1.807, 2.05) is 16.9 Å². The highest BCUT2D eigenvalue weighted by atomic mass is 16.3. The van der Waals surface area contributed by atoms with Gasteiger partial charge in [0.15, 0.2) is 0 Å². The Balaban J connectivity index is 2.70. The Kier molecular flexibility index (Phi) is 5.15. The Morgan fingerprint density at radius 1 is 1.53 bits per heavy atom. The van der Waals surface area contributed by atoms with E-state index in [2.05, 4.69) is 25.9 Å². The van der Waals surface area contributed by atoms with Crippen LogP contribution < -0.4 is 5.73 Å². The number of rotatable bonds is 7. The maximum Gasteiger partial charge on any atom is 0.0825 e. The molecular formula is C13H25N3O. The first-order valence-corrected chi connectivity index (χ1v) is 6.51. The van der Waals surface area contributed by atoms with Crippen LogP contribution in [0.25, 0.3) is 0 Å². The van der Waals surface area contributed by atoms with Crippen LogP contribution in [0.15, 0.2) is 12.3 Å². The van der Waals surface area contributed by atoms with Crippen LogP contribution in [0.4, 0.5) is 0 Å². The van der Waals surface area contributed by atoms with Crippen LogP contribution in [0.2, 0.25) is 0 Å². The van der Waals surface area contributed by atoms with Crippen molar-refractivity contribution >= 4 is 0 Å². The zero-order valence-corrected chi connectivity index (χ0v) is 11.2. The largest absolute Gasteiger partial charge is 0.388 e. The Bertz CT molecular complexity index is 337. The average molecular weight is 239 g/mol. The van der Waals surface area contributed by atoms with Gasteiger partial charge in [-0.15, -0.1) is 0 Å². The second kappa shape index (κ2) is 6.17. The van der Waals surface area contributed by atoms with Gasteiger partial charge in [0.2, 0.25) is 0 Å². The Labute approximate surface area is 104 Å². The third-order valence-corrected chi connectivity index (χ3v) is 3.31. The lowest BCUT2D eigenvalue weighted by molar-refractivity contribution is 0.0388. The van der Waals surface area contributed by atoms with Gasteiger partial charge in [-0.3, -0.25) is 4.68 Å². The van der Waals surface area contributed by atoms with Crippen LogP contribution in [0.3, 0.4) is 0 Å². The fraction of sp³-hybridized carbons (Fsp3) is 0.769. The molecule has 1 aromatic rings. The molecule has 0 bridgehead atoms. The molecule has 0 aromatic carbocycles.